The van der Waals surface area contributed by atoms with Crippen molar-refractivity contribution >= 4 is 54.6 Å². The van der Waals surface area contributed by atoms with Gasteiger partial charge in [0.25, 0.3) is 0 Å². The van der Waals surface area contributed by atoms with Gasteiger partial charge in [0.05, 0.1) is 16.4 Å². The topological polar surface area (TPSA) is 69.6 Å². The molecule has 0 aliphatic heterocycles. The van der Waals surface area contributed by atoms with Crippen LogP contribution in [0.25, 0.3) is 117 Å². The quantitative estimate of drug-likeness (QED) is 0.168. The number of para-hydroxylation sites is 2. The van der Waals surface area contributed by atoms with E-state index in [0.717, 1.165) is 94.0 Å². The SMILES string of the molecule is c1ccc(-c2cccc(-c3nc(-c4ccccc4)nc(-c4ccc(-n5c6ccccc6c6c7c(oc65)c(-c5ccc6ccccc6c5)nc5ccccc57)cc4)n3)c2)cc1. The van der Waals surface area contributed by atoms with Crippen LogP contribution in [0.1, 0.15) is 0 Å². The third kappa shape index (κ3) is 5.57. The molecule has 12 rings (SSSR count). The van der Waals surface area contributed by atoms with E-state index in [4.69, 9.17) is 24.4 Å². The lowest BCUT2D eigenvalue weighted by molar-refractivity contribution is 0.645. The number of pyridine rings is 1. The van der Waals surface area contributed by atoms with E-state index in [-0.39, 0.29) is 0 Å². The maximum Gasteiger partial charge on any atom is 0.213 e. The normalized spacial score (nSPS) is 11.7. The molecule has 60 heavy (non-hydrogen) atoms. The van der Waals surface area contributed by atoms with Gasteiger partial charge >= 0.3 is 0 Å². The molecule has 6 heteroatoms. The van der Waals surface area contributed by atoms with Crippen molar-refractivity contribution in [1.29, 1.82) is 0 Å². The molecule has 0 bridgehead atoms. The lowest BCUT2D eigenvalue weighted by atomic mass is 10.0. The van der Waals surface area contributed by atoms with Crippen molar-refractivity contribution in [1.82, 2.24) is 24.5 Å². The molecule has 280 valence electrons. The summed E-state index contributed by atoms with van der Waals surface area (Å²) >= 11 is 0. The van der Waals surface area contributed by atoms with Gasteiger partial charge in [-0.1, -0.05) is 152 Å². The highest BCUT2D eigenvalue weighted by molar-refractivity contribution is 6.28. The summed E-state index contributed by atoms with van der Waals surface area (Å²) in [6.07, 6.45) is 0. The van der Waals surface area contributed by atoms with Gasteiger partial charge in [-0.2, -0.15) is 0 Å². The molecule has 8 aromatic carbocycles. The number of fused-ring (bicyclic) bond motifs is 8. The van der Waals surface area contributed by atoms with E-state index < -0.39 is 0 Å². The zero-order valence-corrected chi connectivity index (χ0v) is 32.2. The molecule has 0 aliphatic rings. The lowest BCUT2D eigenvalue weighted by Gasteiger charge is -2.11. The van der Waals surface area contributed by atoms with Crippen molar-refractivity contribution in [2.24, 2.45) is 0 Å². The first kappa shape index (κ1) is 33.9. The molecule has 0 saturated carbocycles. The molecule has 0 saturated heterocycles. The Morgan fingerprint density at radius 1 is 0.367 bits per heavy atom. The number of hydrogen-bond donors (Lipinski definition) is 0. The van der Waals surface area contributed by atoms with Crippen LogP contribution >= 0.6 is 0 Å². The molecule has 6 nitrogen and oxygen atoms in total. The minimum atomic E-state index is 0.597. The van der Waals surface area contributed by atoms with Crippen molar-refractivity contribution < 1.29 is 4.42 Å². The Balaban J connectivity index is 1.03. The summed E-state index contributed by atoms with van der Waals surface area (Å²) in [5, 5.41) is 6.65. The van der Waals surface area contributed by atoms with E-state index in [9.17, 15) is 0 Å². The Kier molecular flexibility index (Phi) is 7.74. The minimum absolute atomic E-state index is 0.597. The summed E-state index contributed by atoms with van der Waals surface area (Å²) in [7, 11) is 0. The maximum absolute atomic E-state index is 7.08. The van der Waals surface area contributed by atoms with Crippen LogP contribution in [0.3, 0.4) is 0 Å². The lowest BCUT2D eigenvalue weighted by Crippen LogP contribution is -2.00. The largest absolute Gasteiger partial charge is 0.437 e. The van der Waals surface area contributed by atoms with E-state index in [1.165, 1.54) is 5.39 Å². The van der Waals surface area contributed by atoms with Gasteiger partial charge in [-0.3, -0.25) is 4.57 Å². The molecule has 0 unspecified atom stereocenters. The van der Waals surface area contributed by atoms with Crippen molar-refractivity contribution in [3.63, 3.8) is 0 Å². The minimum Gasteiger partial charge on any atom is -0.437 e. The summed E-state index contributed by atoms with van der Waals surface area (Å²) in [5.74, 6) is 1.83. The van der Waals surface area contributed by atoms with E-state index in [1.54, 1.807) is 0 Å². The van der Waals surface area contributed by atoms with E-state index in [2.05, 4.69) is 162 Å². The Morgan fingerprint density at radius 2 is 0.950 bits per heavy atom. The first-order chi connectivity index (χ1) is 29.7. The summed E-state index contributed by atoms with van der Waals surface area (Å²) in [4.78, 5) is 20.4. The maximum atomic E-state index is 7.08. The van der Waals surface area contributed by atoms with Crippen LogP contribution in [0.2, 0.25) is 0 Å². The molecule has 4 heterocycles. The van der Waals surface area contributed by atoms with Crippen molar-refractivity contribution in [3.05, 3.63) is 200 Å². The zero-order valence-electron chi connectivity index (χ0n) is 32.2. The monoisotopic (exact) mass is 767 g/mol. The molecule has 12 aromatic rings. The molecular formula is C54H33N5O. The molecule has 0 radical (unpaired) electrons. The first-order valence-electron chi connectivity index (χ1n) is 20.1. The number of aromatic nitrogens is 5. The second kappa shape index (κ2) is 13.7. The Morgan fingerprint density at radius 3 is 1.73 bits per heavy atom. The second-order valence-corrected chi connectivity index (χ2v) is 15.0. The van der Waals surface area contributed by atoms with Gasteiger partial charge in [0.15, 0.2) is 23.1 Å². The van der Waals surface area contributed by atoms with E-state index in [1.807, 2.05) is 42.5 Å². The average molecular weight is 768 g/mol. The number of hydrogen-bond acceptors (Lipinski definition) is 5. The Labute approximate surface area is 344 Å². The highest BCUT2D eigenvalue weighted by atomic mass is 16.3. The van der Waals surface area contributed by atoms with Gasteiger partial charge in [0, 0.05) is 44.1 Å². The van der Waals surface area contributed by atoms with Gasteiger partial charge in [-0.15, -0.1) is 0 Å². The molecule has 0 atom stereocenters. The standard InChI is InChI=1S/C54H33N5O/c1-3-14-34(15-4-1)39-20-13-21-41(33-39)53-57-51(36-17-5-2-6-18-36)56-52(58-53)37-28-30-42(31-29-37)59-46-25-12-10-23-44(46)48-47-43-22-9-11-24-45(43)55-49(50(47)60-54(48)59)40-27-26-35-16-7-8-19-38(35)32-40/h1-33H. The molecule has 0 fully saturated rings. The fourth-order valence-electron chi connectivity index (χ4n) is 8.56. The number of benzene rings is 8. The highest BCUT2D eigenvalue weighted by Crippen LogP contribution is 2.45. The van der Waals surface area contributed by atoms with Crippen LogP contribution in [-0.2, 0) is 0 Å². The summed E-state index contributed by atoms with van der Waals surface area (Å²) < 4.78 is 9.30. The summed E-state index contributed by atoms with van der Waals surface area (Å²) in [6, 6.07) is 69.1. The summed E-state index contributed by atoms with van der Waals surface area (Å²) in [5.41, 5.74) is 11.3. The fourth-order valence-corrected chi connectivity index (χ4v) is 8.56. The third-order valence-corrected chi connectivity index (χ3v) is 11.4. The van der Waals surface area contributed by atoms with Crippen molar-refractivity contribution in [3.8, 4) is 62.2 Å². The molecule has 0 amide bonds. The predicted octanol–water partition coefficient (Wildman–Crippen LogP) is 13.8. The molecule has 0 aliphatic carbocycles. The van der Waals surface area contributed by atoms with Gasteiger partial charge < -0.3 is 4.42 Å². The van der Waals surface area contributed by atoms with Gasteiger partial charge in [-0.25, -0.2) is 19.9 Å². The third-order valence-electron chi connectivity index (χ3n) is 11.4. The zero-order chi connectivity index (χ0) is 39.6. The van der Waals surface area contributed by atoms with E-state index in [0.29, 0.717) is 17.5 Å². The second-order valence-electron chi connectivity index (χ2n) is 15.0. The van der Waals surface area contributed by atoms with Gasteiger partial charge in [0.2, 0.25) is 5.71 Å². The summed E-state index contributed by atoms with van der Waals surface area (Å²) in [6.45, 7) is 0. The van der Waals surface area contributed by atoms with Crippen LogP contribution < -0.4 is 0 Å². The molecule has 0 spiro atoms. The molecule has 4 aromatic heterocycles. The Bertz CT molecular complexity index is 3590. The fraction of sp³-hybridized carbons (Fsp3) is 0. The van der Waals surface area contributed by atoms with Crippen LogP contribution in [0.15, 0.2) is 205 Å². The Hall–Kier alpha value is -8.22. The molecule has 0 N–H and O–H groups in total. The van der Waals surface area contributed by atoms with Crippen LogP contribution in [0.4, 0.5) is 0 Å². The van der Waals surface area contributed by atoms with E-state index >= 15 is 0 Å². The highest BCUT2D eigenvalue weighted by Gasteiger charge is 2.24. The average Bonchev–Trinajstić information content (AvgIpc) is 3.87. The number of rotatable bonds is 6. The van der Waals surface area contributed by atoms with Crippen molar-refractivity contribution in [2.75, 3.05) is 0 Å². The number of nitrogens with zero attached hydrogens (tertiary/aromatic N) is 5. The van der Waals surface area contributed by atoms with Gasteiger partial charge in [-0.05, 0) is 70.4 Å². The molecular weight excluding hydrogens is 735 g/mol. The van der Waals surface area contributed by atoms with Crippen LogP contribution in [0.5, 0.6) is 0 Å². The first-order valence-corrected chi connectivity index (χ1v) is 20.1. The number of furan rings is 1. The van der Waals surface area contributed by atoms with Gasteiger partial charge in [0.1, 0.15) is 5.69 Å². The van der Waals surface area contributed by atoms with Crippen LogP contribution in [-0.4, -0.2) is 24.5 Å². The smallest absolute Gasteiger partial charge is 0.213 e. The van der Waals surface area contributed by atoms with Crippen molar-refractivity contribution in [2.45, 2.75) is 0 Å². The van der Waals surface area contributed by atoms with Crippen LogP contribution in [0, 0.1) is 0 Å². The predicted molar refractivity (Wildman–Crippen MR) is 244 cm³/mol.